The van der Waals surface area contributed by atoms with Crippen LogP contribution in [0.1, 0.15) is 28.5 Å². The van der Waals surface area contributed by atoms with Crippen LogP contribution in [-0.2, 0) is 0 Å². The molecule has 27 heavy (non-hydrogen) atoms. The highest BCUT2D eigenvalue weighted by molar-refractivity contribution is 8.00. The van der Waals surface area contributed by atoms with Crippen LogP contribution in [0.4, 0.5) is 0 Å². The van der Waals surface area contributed by atoms with Crippen LogP contribution in [0.15, 0.2) is 53.7 Å². The minimum atomic E-state index is -0.323. The number of nitrogens with zero attached hydrogens (tertiary/aromatic N) is 4. The summed E-state index contributed by atoms with van der Waals surface area (Å²) >= 11 is 1.37. The van der Waals surface area contributed by atoms with Crippen molar-refractivity contribution in [2.24, 2.45) is 0 Å². The highest BCUT2D eigenvalue weighted by Gasteiger charge is 2.24. The molecule has 2 aromatic carbocycles. The van der Waals surface area contributed by atoms with Gasteiger partial charge in [0.05, 0.1) is 10.9 Å². The quantitative estimate of drug-likeness (QED) is 0.418. The molecule has 1 N–H and O–H groups in total. The summed E-state index contributed by atoms with van der Waals surface area (Å²) in [4.78, 5) is 16.5. The van der Waals surface area contributed by atoms with Gasteiger partial charge in [0.1, 0.15) is 0 Å². The van der Waals surface area contributed by atoms with E-state index in [1.807, 2.05) is 69.3 Å². The third-order valence-corrected chi connectivity index (χ3v) is 5.61. The summed E-state index contributed by atoms with van der Waals surface area (Å²) in [5, 5.41) is 13.3. The summed E-state index contributed by atoms with van der Waals surface area (Å²) in [6, 6.07) is 15.8. The summed E-state index contributed by atoms with van der Waals surface area (Å²) in [5.41, 5.74) is 4.57. The molecule has 6 nitrogen and oxygen atoms in total. The number of thioether (sulfide) groups is 1. The number of nitrogens with one attached hydrogen (secondary N) is 1. The molecule has 0 fully saturated rings. The Morgan fingerprint density at radius 2 is 1.85 bits per heavy atom. The predicted octanol–water partition coefficient (Wildman–Crippen LogP) is 4.12. The van der Waals surface area contributed by atoms with Gasteiger partial charge in [0.15, 0.2) is 5.78 Å². The highest BCUT2D eigenvalue weighted by Crippen LogP contribution is 2.30. The number of rotatable bonds is 5. The normalized spacial score (nSPS) is 12.4. The number of hydrogen-bond acceptors (Lipinski definition) is 5. The van der Waals surface area contributed by atoms with Crippen molar-refractivity contribution in [1.29, 1.82) is 0 Å². The molecule has 0 spiro atoms. The number of hydrogen-bond donors (Lipinski definition) is 1. The van der Waals surface area contributed by atoms with Gasteiger partial charge in [-0.25, -0.2) is 0 Å². The Balaban J connectivity index is 1.65. The Morgan fingerprint density at radius 3 is 2.67 bits per heavy atom. The van der Waals surface area contributed by atoms with E-state index in [1.165, 1.54) is 11.8 Å². The van der Waals surface area contributed by atoms with Crippen LogP contribution in [0.25, 0.3) is 16.6 Å². The number of aromatic nitrogens is 5. The highest BCUT2D eigenvalue weighted by atomic mass is 32.2. The Labute approximate surface area is 161 Å². The molecular formula is C20H19N5OS. The number of benzene rings is 2. The fraction of sp³-hybridized carbons (Fsp3) is 0.200. The summed E-state index contributed by atoms with van der Waals surface area (Å²) in [5.74, 6) is 0.0642. The monoisotopic (exact) mass is 377 g/mol. The average molecular weight is 377 g/mol. The second-order valence-corrected chi connectivity index (χ2v) is 7.76. The molecular weight excluding hydrogens is 358 g/mol. The third kappa shape index (κ3) is 3.14. The van der Waals surface area contributed by atoms with E-state index in [-0.39, 0.29) is 11.0 Å². The zero-order chi connectivity index (χ0) is 19.0. The number of tetrazole rings is 1. The van der Waals surface area contributed by atoms with E-state index >= 15 is 0 Å². The van der Waals surface area contributed by atoms with Crippen molar-refractivity contribution in [2.45, 2.75) is 31.2 Å². The van der Waals surface area contributed by atoms with Gasteiger partial charge in [0, 0.05) is 22.2 Å². The minimum Gasteiger partial charge on any atom is -0.358 e. The first-order valence-corrected chi connectivity index (χ1v) is 9.57. The first-order chi connectivity index (χ1) is 13.1. The first-order valence-electron chi connectivity index (χ1n) is 8.69. The number of aromatic amines is 1. The predicted molar refractivity (Wildman–Crippen MR) is 107 cm³/mol. The lowest BCUT2D eigenvalue weighted by Gasteiger charge is -2.11. The molecule has 0 saturated heterocycles. The van der Waals surface area contributed by atoms with Gasteiger partial charge in [-0.15, -0.1) is 5.10 Å². The van der Waals surface area contributed by atoms with E-state index in [0.717, 1.165) is 33.4 Å². The number of para-hydroxylation sites is 2. The van der Waals surface area contributed by atoms with Crippen LogP contribution < -0.4 is 0 Å². The maximum atomic E-state index is 13.2. The summed E-state index contributed by atoms with van der Waals surface area (Å²) in [7, 11) is 0. The molecule has 0 radical (unpaired) electrons. The SMILES string of the molecule is Cc1ccccc1-n1nnnc1SC(C)C(=O)c1c(C)[nH]c2ccccc12. The fourth-order valence-electron chi connectivity index (χ4n) is 3.21. The number of aryl methyl sites for hydroxylation is 2. The summed E-state index contributed by atoms with van der Waals surface area (Å²) in [6.07, 6.45) is 0. The molecule has 0 aliphatic carbocycles. The molecule has 1 unspecified atom stereocenters. The van der Waals surface area contributed by atoms with Gasteiger partial charge in [0.25, 0.3) is 0 Å². The molecule has 2 heterocycles. The standard InChI is InChI=1S/C20H19N5OS/c1-12-8-4-7-11-17(12)25-20(22-23-24-25)27-14(3)19(26)18-13(2)21-16-10-6-5-9-15(16)18/h4-11,14,21H,1-3H3. The van der Waals surface area contributed by atoms with E-state index in [1.54, 1.807) is 4.68 Å². The lowest BCUT2D eigenvalue weighted by atomic mass is 10.1. The molecule has 7 heteroatoms. The Morgan fingerprint density at radius 1 is 1.11 bits per heavy atom. The van der Waals surface area contributed by atoms with Crippen molar-refractivity contribution in [3.05, 3.63) is 65.4 Å². The largest absolute Gasteiger partial charge is 0.358 e. The van der Waals surface area contributed by atoms with Crippen molar-refractivity contribution in [1.82, 2.24) is 25.2 Å². The molecule has 2 aromatic heterocycles. The maximum Gasteiger partial charge on any atom is 0.214 e. The Kier molecular flexibility index (Phi) is 4.53. The van der Waals surface area contributed by atoms with Gasteiger partial charge in [-0.05, 0) is 48.9 Å². The van der Waals surface area contributed by atoms with Crippen LogP contribution in [0.2, 0.25) is 0 Å². The zero-order valence-electron chi connectivity index (χ0n) is 15.3. The Bertz CT molecular complexity index is 1130. The molecule has 0 amide bonds. The molecule has 0 aliphatic rings. The van der Waals surface area contributed by atoms with Crippen molar-refractivity contribution in [3.63, 3.8) is 0 Å². The van der Waals surface area contributed by atoms with Gasteiger partial charge >= 0.3 is 0 Å². The number of H-pyrrole nitrogens is 1. The number of carbonyl (C=O) groups is 1. The number of Topliss-reactive ketones (excluding diaryl/α,β-unsaturated/α-hetero) is 1. The van der Waals surface area contributed by atoms with Crippen molar-refractivity contribution < 1.29 is 4.79 Å². The summed E-state index contributed by atoms with van der Waals surface area (Å²) in [6.45, 7) is 5.84. The molecule has 0 aliphatic heterocycles. The van der Waals surface area contributed by atoms with E-state index < -0.39 is 0 Å². The van der Waals surface area contributed by atoms with E-state index in [2.05, 4.69) is 20.5 Å². The molecule has 136 valence electrons. The smallest absolute Gasteiger partial charge is 0.214 e. The topological polar surface area (TPSA) is 76.5 Å². The van der Waals surface area contributed by atoms with Gasteiger partial charge in [-0.1, -0.05) is 48.2 Å². The van der Waals surface area contributed by atoms with Gasteiger partial charge in [0.2, 0.25) is 5.16 Å². The summed E-state index contributed by atoms with van der Waals surface area (Å²) < 4.78 is 1.69. The lowest BCUT2D eigenvalue weighted by molar-refractivity contribution is 0.0995. The molecule has 0 saturated carbocycles. The van der Waals surface area contributed by atoms with Crippen LogP contribution in [-0.4, -0.2) is 36.2 Å². The van der Waals surface area contributed by atoms with Gasteiger partial charge in [-0.3, -0.25) is 4.79 Å². The van der Waals surface area contributed by atoms with Crippen molar-refractivity contribution in [3.8, 4) is 5.69 Å². The third-order valence-electron chi connectivity index (χ3n) is 4.58. The zero-order valence-corrected chi connectivity index (χ0v) is 16.1. The van der Waals surface area contributed by atoms with Crippen LogP contribution in [0.5, 0.6) is 0 Å². The van der Waals surface area contributed by atoms with Crippen LogP contribution in [0.3, 0.4) is 0 Å². The fourth-order valence-corrected chi connectivity index (χ4v) is 4.07. The van der Waals surface area contributed by atoms with Crippen LogP contribution >= 0.6 is 11.8 Å². The lowest BCUT2D eigenvalue weighted by Crippen LogP contribution is -2.15. The molecule has 4 rings (SSSR count). The number of ketones is 1. The second kappa shape index (κ2) is 7.00. The average Bonchev–Trinajstić information content (AvgIpc) is 3.24. The van der Waals surface area contributed by atoms with Gasteiger partial charge < -0.3 is 4.98 Å². The Hall–Kier alpha value is -2.93. The van der Waals surface area contributed by atoms with E-state index in [9.17, 15) is 4.79 Å². The van der Waals surface area contributed by atoms with Crippen LogP contribution in [0, 0.1) is 13.8 Å². The molecule has 1 atom stereocenters. The second-order valence-electron chi connectivity index (χ2n) is 6.45. The van der Waals surface area contributed by atoms with E-state index in [4.69, 9.17) is 0 Å². The first kappa shape index (κ1) is 17.5. The molecule has 0 bridgehead atoms. The molecule has 4 aromatic rings. The van der Waals surface area contributed by atoms with E-state index in [0.29, 0.717) is 5.16 Å². The van der Waals surface area contributed by atoms with Crippen molar-refractivity contribution in [2.75, 3.05) is 0 Å². The number of fused-ring (bicyclic) bond motifs is 1. The number of carbonyl (C=O) groups excluding carboxylic acids is 1. The maximum absolute atomic E-state index is 13.2. The minimum absolute atomic E-state index is 0.0642. The van der Waals surface area contributed by atoms with Gasteiger partial charge in [-0.2, -0.15) is 4.68 Å². The van der Waals surface area contributed by atoms with Crippen molar-refractivity contribution >= 4 is 28.4 Å².